The minimum atomic E-state index is -0.802. The fraction of sp³-hybridized carbons (Fsp3) is 0.500. The zero-order valence-electron chi connectivity index (χ0n) is 17.4. The van der Waals surface area contributed by atoms with Gasteiger partial charge in [0.1, 0.15) is 15.7 Å². The molecule has 0 aliphatic heterocycles. The zero-order valence-corrected chi connectivity index (χ0v) is 17.4. The van der Waals surface area contributed by atoms with E-state index in [0.717, 1.165) is 11.5 Å². The van der Waals surface area contributed by atoms with Crippen LogP contribution in [0.15, 0.2) is 36.4 Å². The summed E-state index contributed by atoms with van der Waals surface area (Å²) in [6, 6.07) is 13.8. The van der Waals surface area contributed by atoms with Crippen LogP contribution in [0.3, 0.4) is 0 Å². The van der Waals surface area contributed by atoms with Gasteiger partial charge in [0, 0.05) is 0 Å². The average molecular weight is 358 g/mol. The van der Waals surface area contributed by atoms with Gasteiger partial charge >= 0.3 is 0 Å². The van der Waals surface area contributed by atoms with E-state index in [0.29, 0.717) is 0 Å². The number of hydrogen-bond acceptors (Lipinski definition) is 1. The maximum Gasteiger partial charge on any atom is 0.110 e. The van der Waals surface area contributed by atoms with E-state index < -0.39 is 5.60 Å². The van der Waals surface area contributed by atoms with Crippen molar-refractivity contribution in [1.82, 2.24) is 0 Å². The number of hydrogen-bond donors (Lipinski definition) is 1. The molecule has 0 aromatic heterocycles. The molecule has 0 heterocycles. The number of aliphatic hydroxyl groups is 1. The molecular weight excluding hydrogens is 326 g/mol. The Balaban J connectivity index is 1.74. The monoisotopic (exact) mass is 358 g/mol. The Bertz CT molecular complexity index is 840. The number of rotatable bonds is 2. The van der Waals surface area contributed by atoms with Crippen molar-refractivity contribution in [3.63, 3.8) is 0 Å². The lowest BCUT2D eigenvalue weighted by Crippen LogP contribution is -2.27. The summed E-state index contributed by atoms with van der Waals surface area (Å²) in [5.74, 6) is 0.724. The molecule has 2 aliphatic rings. The summed E-state index contributed by atoms with van der Waals surface area (Å²) >= 11 is 0. The van der Waals surface area contributed by atoms with E-state index in [9.17, 15) is 5.11 Å². The molecule has 2 aliphatic carbocycles. The third-order valence-corrected chi connectivity index (χ3v) is 6.98. The maximum atomic E-state index is 10.5. The topological polar surface area (TPSA) is 20.2 Å². The van der Waals surface area contributed by atoms with Gasteiger partial charge in [-0.2, -0.15) is 0 Å². The van der Waals surface area contributed by atoms with Crippen molar-refractivity contribution in [3.05, 3.63) is 58.7 Å². The first-order valence-corrected chi connectivity index (χ1v) is 10.8. The molecular formula is C24H32B2O. The van der Waals surface area contributed by atoms with Crippen LogP contribution in [0.5, 0.6) is 0 Å². The number of benzene rings is 2. The van der Waals surface area contributed by atoms with Gasteiger partial charge in [-0.1, -0.05) is 68.5 Å². The predicted molar refractivity (Wildman–Crippen MR) is 120 cm³/mol. The zero-order chi connectivity index (χ0) is 19.2. The molecule has 2 aromatic carbocycles. The minimum absolute atomic E-state index is 0.0104. The molecule has 4 rings (SSSR count). The molecule has 0 atom stereocenters. The second-order valence-electron chi connectivity index (χ2n) is 9.79. The molecule has 1 N–H and O–H groups in total. The van der Waals surface area contributed by atoms with E-state index in [4.69, 9.17) is 0 Å². The molecule has 1 saturated carbocycles. The average Bonchev–Trinajstić information content (AvgIpc) is 2.81. The van der Waals surface area contributed by atoms with Crippen LogP contribution in [0.2, 0.25) is 0 Å². The first-order valence-electron chi connectivity index (χ1n) is 10.8. The van der Waals surface area contributed by atoms with Crippen molar-refractivity contribution in [2.24, 2.45) is 0 Å². The summed E-state index contributed by atoms with van der Waals surface area (Å²) in [6.45, 7) is 3.74. The highest BCUT2D eigenvalue weighted by Crippen LogP contribution is 2.48. The lowest BCUT2D eigenvalue weighted by Gasteiger charge is -2.26. The van der Waals surface area contributed by atoms with E-state index in [2.05, 4.69) is 52.1 Å². The highest BCUT2D eigenvalue weighted by molar-refractivity contribution is 6.44. The highest BCUT2D eigenvalue weighted by atomic mass is 16.3. The van der Waals surface area contributed by atoms with Crippen molar-refractivity contribution in [2.75, 3.05) is 0 Å². The fourth-order valence-corrected chi connectivity index (χ4v) is 5.18. The Hall–Kier alpha value is -1.47. The van der Waals surface area contributed by atoms with Crippen molar-refractivity contribution >= 4 is 15.7 Å². The summed E-state index contributed by atoms with van der Waals surface area (Å²) < 4.78 is 0. The fourth-order valence-electron chi connectivity index (χ4n) is 5.18. The molecule has 0 spiro atoms. The molecule has 0 amide bonds. The molecule has 3 heteroatoms. The summed E-state index contributed by atoms with van der Waals surface area (Å²) in [7, 11) is 4.68. The van der Waals surface area contributed by atoms with E-state index in [-0.39, 0.29) is 5.21 Å². The lowest BCUT2D eigenvalue weighted by molar-refractivity contribution is 0.0785. The van der Waals surface area contributed by atoms with Crippen LogP contribution in [-0.4, -0.2) is 20.8 Å². The highest BCUT2D eigenvalue weighted by Gasteiger charge is 2.36. The first-order chi connectivity index (χ1) is 12.8. The van der Waals surface area contributed by atoms with Gasteiger partial charge in [-0.25, -0.2) is 0 Å². The van der Waals surface area contributed by atoms with Crippen molar-refractivity contribution < 1.29 is 5.11 Å². The molecule has 140 valence electrons. The van der Waals surface area contributed by atoms with Crippen LogP contribution in [0, 0.1) is 0 Å². The summed E-state index contributed by atoms with van der Waals surface area (Å²) in [5.41, 5.74) is 7.28. The number of fused-ring (bicyclic) bond motifs is 3. The maximum absolute atomic E-state index is 10.5. The van der Waals surface area contributed by atoms with Crippen LogP contribution < -0.4 is 0 Å². The normalized spacial score (nSPS) is 19.8. The Labute approximate surface area is 166 Å². The van der Waals surface area contributed by atoms with Crippen molar-refractivity contribution in [2.45, 2.75) is 75.5 Å². The smallest absolute Gasteiger partial charge is 0.110 e. The van der Waals surface area contributed by atoms with Gasteiger partial charge < -0.3 is 5.11 Å². The second kappa shape index (κ2) is 6.85. The quantitative estimate of drug-likeness (QED) is 0.799. The molecule has 0 unspecified atom stereocenters. The Kier molecular flexibility index (Phi) is 4.79. The first kappa shape index (κ1) is 18.9. The predicted octanol–water partition coefficient (Wildman–Crippen LogP) is 4.19. The minimum Gasteiger partial charge on any atom is -0.386 e. The molecule has 2 aromatic rings. The van der Waals surface area contributed by atoms with Gasteiger partial charge in [-0.15, -0.1) is 0 Å². The molecule has 0 bridgehead atoms. The standard InChI is InChI=1S/C24H32B2O/c1-23(2,27)18-11-13-20-19-12-10-17(16-8-6-4-3-5-7-9-16)14-21(19)24(25,26)22(20)15-18/h10-16,27H,3-9,25-26H2,1-2H3. The largest absolute Gasteiger partial charge is 0.386 e. The summed E-state index contributed by atoms with van der Waals surface area (Å²) in [4.78, 5) is 0. The van der Waals surface area contributed by atoms with E-state index >= 15 is 0 Å². The van der Waals surface area contributed by atoms with Gasteiger partial charge in [0.25, 0.3) is 0 Å². The van der Waals surface area contributed by atoms with E-state index in [1.165, 1.54) is 67.2 Å². The molecule has 1 nitrogen and oxygen atoms in total. The van der Waals surface area contributed by atoms with Crippen molar-refractivity contribution in [3.8, 4) is 11.1 Å². The summed E-state index contributed by atoms with van der Waals surface area (Å²) in [6.07, 6.45) is 9.66. The Morgan fingerprint density at radius 1 is 0.852 bits per heavy atom. The summed E-state index contributed by atoms with van der Waals surface area (Å²) in [5, 5.41) is 10.5. The molecule has 0 radical (unpaired) electrons. The van der Waals surface area contributed by atoms with Crippen LogP contribution >= 0.6 is 0 Å². The van der Waals surface area contributed by atoms with Gasteiger partial charge in [0.2, 0.25) is 0 Å². The van der Waals surface area contributed by atoms with Crippen LogP contribution in [0.4, 0.5) is 0 Å². The van der Waals surface area contributed by atoms with Gasteiger partial charge in [-0.3, -0.25) is 0 Å². The third-order valence-electron chi connectivity index (χ3n) is 6.98. The van der Waals surface area contributed by atoms with Crippen LogP contribution in [-0.2, 0) is 10.8 Å². The van der Waals surface area contributed by atoms with Crippen LogP contribution in [0.1, 0.15) is 87.0 Å². The SMILES string of the molecule is BC1(B)c2cc(C3CCCCCCC3)ccc2-c2ccc(C(C)(C)O)cc21. The van der Waals surface area contributed by atoms with Gasteiger partial charge in [-0.05, 0) is 71.2 Å². The Morgan fingerprint density at radius 2 is 1.41 bits per heavy atom. The molecule has 27 heavy (non-hydrogen) atoms. The molecule has 1 fully saturated rings. The Morgan fingerprint density at radius 3 is 2.04 bits per heavy atom. The van der Waals surface area contributed by atoms with Crippen LogP contribution in [0.25, 0.3) is 11.1 Å². The molecule has 0 saturated heterocycles. The lowest BCUT2D eigenvalue weighted by atomic mass is 9.49. The van der Waals surface area contributed by atoms with E-state index in [1.54, 1.807) is 5.56 Å². The second-order valence-corrected chi connectivity index (χ2v) is 9.79. The van der Waals surface area contributed by atoms with Gasteiger partial charge in [0.15, 0.2) is 0 Å². The van der Waals surface area contributed by atoms with Crippen molar-refractivity contribution in [1.29, 1.82) is 0 Å². The van der Waals surface area contributed by atoms with Gasteiger partial charge in [0.05, 0.1) is 5.60 Å². The van der Waals surface area contributed by atoms with E-state index in [1.807, 2.05) is 13.8 Å². The third kappa shape index (κ3) is 3.40.